The van der Waals surface area contributed by atoms with Crippen LogP contribution in [0.5, 0.6) is 0 Å². The van der Waals surface area contributed by atoms with Gasteiger partial charge >= 0.3 is 0 Å². The first-order valence-electron chi connectivity index (χ1n) is 5.88. The smallest absolute Gasteiger partial charge is 0.0620 e. The summed E-state index contributed by atoms with van der Waals surface area (Å²) in [5, 5.41) is 4.09. The van der Waals surface area contributed by atoms with Crippen molar-refractivity contribution in [3.63, 3.8) is 0 Å². The Bertz CT molecular complexity index is 591. The Labute approximate surface area is 113 Å². The molecule has 0 aliphatic heterocycles. The van der Waals surface area contributed by atoms with E-state index in [1.54, 1.807) is 0 Å². The van der Waals surface area contributed by atoms with Gasteiger partial charge in [0.2, 0.25) is 0 Å². The summed E-state index contributed by atoms with van der Waals surface area (Å²) in [6.07, 6.45) is 0. The van der Waals surface area contributed by atoms with Crippen molar-refractivity contribution in [2.24, 2.45) is 0 Å². The Morgan fingerprint density at radius 2 is 1.67 bits per heavy atom. The van der Waals surface area contributed by atoms with Gasteiger partial charge in [0.05, 0.1) is 11.4 Å². The average molecular weight is 261 g/mol. The number of halogens is 1. The van der Waals surface area contributed by atoms with Crippen molar-refractivity contribution in [1.82, 2.24) is 0 Å². The molecule has 0 bridgehead atoms. The summed E-state index contributed by atoms with van der Waals surface area (Å²) in [5.41, 5.74) is 12.1. The molecular formula is C15H17ClN2. The fourth-order valence-corrected chi connectivity index (χ4v) is 2.01. The first kappa shape index (κ1) is 12.8. The molecule has 2 aromatic carbocycles. The number of benzene rings is 2. The third-order valence-electron chi connectivity index (χ3n) is 3.20. The molecule has 0 aromatic heterocycles. The van der Waals surface area contributed by atoms with Crippen molar-refractivity contribution >= 4 is 28.7 Å². The largest absolute Gasteiger partial charge is 0.397 e. The van der Waals surface area contributed by atoms with E-state index in [2.05, 4.69) is 25.2 Å². The summed E-state index contributed by atoms with van der Waals surface area (Å²) in [5.74, 6) is 0. The Hall–Kier alpha value is -1.67. The molecule has 0 radical (unpaired) electrons. The van der Waals surface area contributed by atoms with Crippen LogP contribution in [-0.2, 0) is 0 Å². The highest BCUT2D eigenvalue weighted by molar-refractivity contribution is 6.31. The number of hydrogen-bond donors (Lipinski definition) is 2. The van der Waals surface area contributed by atoms with Gasteiger partial charge in [-0.15, -0.1) is 0 Å². The van der Waals surface area contributed by atoms with Crippen molar-refractivity contribution < 1.29 is 0 Å². The minimum absolute atomic E-state index is 0.748. The van der Waals surface area contributed by atoms with Crippen LogP contribution in [0.3, 0.4) is 0 Å². The number of rotatable bonds is 2. The third-order valence-corrected chi connectivity index (χ3v) is 3.61. The molecule has 0 unspecified atom stereocenters. The first-order valence-corrected chi connectivity index (χ1v) is 6.25. The highest BCUT2D eigenvalue weighted by atomic mass is 35.5. The minimum Gasteiger partial charge on any atom is -0.397 e. The summed E-state index contributed by atoms with van der Waals surface area (Å²) < 4.78 is 0. The van der Waals surface area contributed by atoms with Gasteiger partial charge in [-0.1, -0.05) is 17.7 Å². The lowest BCUT2D eigenvalue weighted by Crippen LogP contribution is -1.99. The lowest BCUT2D eigenvalue weighted by molar-refractivity contribution is 1.33. The zero-order valence-corrected chi connectivity index (χ0v) is 11.6. The quantitative estimate of drug-likeness (QED) is 0.775. The van der Waals surface area contributed by atoms with Crippen molar-refractivity contribution in [2.75, 3.05) is 11.1 Å². The van der Waals surface area contributed by atoms with Gasteiger partial charge in [-0.25, -0.2) is 0 Å². The van der Waals surface area contributed by atoms with Gasteiger partial charge in [0.25, 0.3) is 0 Å². The van der Waals surface area contributed by atoms with Gasteiger partial charge in [-0.2, -0.15) is 0 Å². The highest BCUT2D eigenvalue weighted by Crippen LogP contribution is 2.30. The monoisotopic (exact) mass is 260 g/mol. The number of nitrogens with one attached hydrogen (secondary N) is 1. The van der Waals surface area contributed by atoms with E-state index in [1.165, 1.54) is 11.1 Å². The molecule has 3 heteroatoms. The molecule has 0 heterocycles. The van der Waals surface area contributed by atoms with E-state index in [9.17, 15) is 0 Å². The minimum atomic E-state index is 0.748. The molecule has 94 valence electrons. The van der Waals surface area contributed by atoms with Crippen LogP contribution in [0.2, 0.25) is 5.02 Å². The third kappa shape index (κ3) is 2.44. The Balaban J connectivity index is 2.40. The second-order valence-electron chi connectivity index (χ2n) is 4.56. The van der Waals surface area contributed by atoms with Crippen molar-refractivity contribution in [2.45, 2.75) is 20.8 Å². The lowest BCUT2D eigenvalue weighted by atomic mass is 10.1. The van der Waals surface area contributed by atoms with E-state index < -0.39 is 0 Å². The van der Waals surface area contributed by atoms with Gasteiger partial charge < -0.3 is 11.1 Å². The summed E-state index contributed by atoms with van der Waals surface area (Å²) >= 11 is 6.11. The predicted molar refractivity (Wildman–Crippen MR) is 79.8 cm³/mol. The molecule has 2 rings (SSSR count). The summed E-state index contributed by atoms with van der Waals surface area (Å²) in [6.45, 7) is 6.12. The molecule has 0 atom stereocenters. The molecule has 0 aliphatic carbocycles. The zero-order chi connectivity index (χ0) is 13.3. The van der Waals surface area contributed by atoms with Crippen LogP contribution in [0.1, 0.15) is 16.7 Å². The van der Waals surface area contributed by atoms with E-state index in [4.69, 9.17) is 17.3 Å². The summed E-state index contributed by atoms with van der Waals surface area (Å²) in [7, 11) is 0. The van der Waals surface area contributed by atoms with E-state index in [0.29, 0.717) is 0 Å². The standard InChI is InChI=1S/C15H17ClN2/c1-9-7-13(17)15(8-10(9)2)18-14-6-4-5-12(16)11(14)3/h4-8,18H,17H2,1-3H3. The molecule has 0 saturated carbocycles. The van der Waals surface area contributed by atoms with Gasteiger partial charge in [-0.3, -0.25) is 0 Å². The molecule has 0 fully saturated rings. The SMILES string of the molecule is Cc1cc(N)c(Nc2cccc(Cl)c2C)cc1C. The number of nitrogen functional groups attached to an aromatic ring is 1. The second-order valence-corrected chi connectivity index (χ2v) is 4.97. The van der Waals surface area contributed by atoms with Gasteiger partial charge in [0.1, 0.15) is 0 Å². The molecule has 3 N–H and O–H groups in total. The molecule has 2 aromatic rings. The molecule has 0 amide bonds. The number of aryl methyl sites for hydroxylation is 2. The van der Waals surface area contributed by atoms with Crippen LogP contribution >= 0.6 is 11.6 Å². The number of nitrogens with two attached hydrogens (primary N) is 1. The highest BCUT2D eigenvalue weighted by Gasteiger charge is 2.06. The van der Waals surface area contributed by atoms with E-state index in [1.807, 2.05) is 31.2 Å². The van der Waals surface area contributed by atoms with Gasteiger partial charge in [-0.05, 0) is 61.7 Å². The normalized spacial score (nSPS) is 10.4. The van der Waals surface area contributed by atoms with Gasteiger partial charge in [0, 0.05) is 10.7 Å². The van der Waals surface area contributed by atoms with Crippen LogP contribution in [-0.4, -0.2) is 0 Å². The van der Waals surface area contributed by atoms with E-state index in [-0.39, 0.29) is 0 Å². The maximum absolute atomic E-state index is 6.11. The Morgan fingerprint density at radius 3 is 2.39 bits per heavy atom. The zero-order valence-electron chi connectivity index (χ0n) is 10.8. The van der Waals surface area contributed by atoms with Crippen molar-refractivity contribution in [1.29, 1.82) is 0 Å². The van der Waals surface area contributed by atoms with Crippen LogP contribution < -0.4 is 11.1 Å². The Kier molecular flexibility index (Phi) is 3.48. The van der Waals surface area contributed by atoms with Crippen molar-refractivity contribution in [3.05, 3.63) is 52.0 Å². The van der Waals surface area contributed by atoms with E-state index >= 15 is 0 Å². The van der Waals surface area contributed by atoms with Gasteiger partial charge in [0.15, 0.2) is 0 Å². The topological polar surface area (TPSA) is 38.0 Å². The first-order chi connectivity index (χ1) is 8.49. The fraction of sp³-hybridized carbons (Fsp3) is 0.200. The van der Waals surface area contributed by atoms with Crippen molar-refractivity contribution in [3.8, 4) is 0 Å². The fourth-order valence-electron chi connectivity index (χ4n) is 1.83. The maximum atomic E-state index is 6.11. The summed E-state index contributed by atoms with van der Waals surface area (Å²) in [4.78, 5) is 0. The second kappa shape index (κ2) is 4.91. The molecular weight excluding hydrogens is 244 g/mol. The molecule has 0 saturated heterocycles. The summed E-state index contributed by atoms with van der Waals surface area (Å²) in [6, 6.07) is 9.85. The maximum Gasteiger partial charge on any atom is 0.0620 e. The van der Waals surface area contributed by atoms with E-state index in [0.717, 1.165) is 27.6 Å². The molecule has 2 nitrogen and oxygen atoms in total. The molecule has 0 aliphatic rings. The molecule has 0 spiro atoms. The molecule has 18 heavy (non-hydrogen) atoms. The van der Waals surface area contributed by atoms with Crippen LogP contribution in [0.15, 0.2) is 30.3 Å². The van der Waals surface area contributed by atoms with Crippen LogP contribution in [0.25, 0.3) is 0 Å². The Morgan fingerprint density at radius 1 is 1.00 bits per heavy atom. The number of anilines is 3. The predicted octanol–water partition coefficient (Wildman–Crippen LogP) is 4.59. The number of hydrogen-bond acceptors (Lipinski definition) is 2. The van der Waals surface area contributed by atoms with Crippen LogP contribution in [0.4, 0.5) is 17.1 Å². The van der Waals surface area contributed by atoms with Crippen LogP contribution in [0, 0.1) is 20.8 Å². The average Bonchev–Trinajstić information content (AvgIpc) is 2.32. The lowest BCUT2D eigenvalue weighted by Gasteiger charge is -2.14.